The number of aromatic nitrogens is 2. The number of aryl methyl sites for hydroxylation is 1. The van der Waals surface area contributed by atoms with Gasteiger partial charge in [-0.25, -0.2) is 22.5 Å². The molecule has 4 rings (SSSR count). The summed E-state index contributed by atoms with van der Waals surface area (Å²) in [6, 6.07) is 7.19. The molecule has 170 valence electrons. The van der Waals surface area contributed by atoms with Gasteiger partial charge in [-0.05, 0) is 49.9 Å². The molecule has 1 N–H and O–H groups in total. The molecule has 3 heterocycles. The van der Waals surface area contributed by atoms with Crippen LogP contribution < -0.4 is 4.72 Å². The number of amides is 1. The van der Waals surface area contributed by atoms with Crippen LogP contribution in [0.3, 0.4) is 0 Å². The first-order valence-electron chi connectivity index (χ1n) is 10.5. The van der Waals surface area contributed by atoms with E-state index in [4.69, 9.17) is 0 Å². The zero-order chi connectivity index (χ0) is 22.7. The van der Waals surface area contributed by atoms with Crippen LogP contribution in [0.1, 0.15) is 30.5 Å². The van der Waals surface area contributed by atoms with Crippen LogP contribution in [-0.4, -0.2) is 41.9 Å². The lowest BCUT2D eigenvalue weighted by atomic mass is 10.1. The van der Waals surface area contributed by atoms with Crippen LogP contribution >= 0.6 is 11.3 Å². The molecule has 0 radical (unpaired) electrons. The molecule has 0 bridgehead atoms. The summed E-state index contributed by atoms with van der Waals surface area (Å²) in [4.78, 5) is 19.2. The number of piperidine rings is 1. The van der Waals surface area contributed by atoms with Gasteiger partial charge in [0.25, 0.3) is 0 Å². The van der Waals surface area contributed by atoms with Gasteiger partial charge in [0.2, 0.25) is 15.9 Å². The van der Waals surface area contributed by atoms with Gasteiger partial charge >= 0.3 is 0 Å². The molecular formula is C22H25FN4O3S2. The summed E-state index contributed by atoms with van der Waals surface area (Å²) < 4.78 is 43.2. The number of nitrogens with zero attached hydrogens (tertiary/aromatic N) is 3. The third-order valence-electron chi connectivity index (χ3n) is 5.41. The van der Waals surface area contributed by atoms with Crippen molar-refractivity contribution in [1.29, 1.82) is 0 Å². The molecule has 1 amide bonds. The Morgan fingerprint density at radius 1 is 1.19 bits per heavy atom. The van der Waals surface area contributed by atoms with Crippen molar-refractivity contribution in [2.24, 2.45) is 0 Å². The van der Waals surface area contributed by atoms with Gasteiger partial charge in [-0.3, -0.25) is 4.79 Å². The van der Waals surface area contributed by atoms with E-state index >= 15 is 0 Å². The lowest BCUT2D eigenvalue weighted by Gasteiger charge is -2.27. The van der Waals surface area contributed by atoms with Crippen LogP contribution in [0.15, 0.2) is 46.8 Å². The zero-order valence-electron chi connectivity index (χ0n) is 17.8. The Kier molecular flexibility index (Phi) is 6.73. The van der Waals surface area contributed by atoms with Crippen LogP contribution in [0.25, 0.3) is 10.7 Å². The van der Waals surface area contributed by atoms with Crippen molar-refractivity contribution in [3.8, 4) is 10.7 Å². The summed E-state index contributed by atoms with van der Waals surface area (Å²) in [6.07, 6.45) is 4.59. The van der Waals surface area contributed by atoms with Gasteiger partial charge in [-0.15, -0.1) is 11.3 Å². The molecule has 0 spiro atoms. The van der Waals surface area contributed by atoms with E-state index in [-0.39, 0.29) is 29.7 Å². The van der Waals surface area contributed by atoms with Crippen molar-refractivity contribution < 1.29 is 17.6 Å². The molecule has 0 atom stereocenters. The van der Waals surface area contributed by atoms with Crippen molar-refractivity contribution in [1.82, 2.24) is 19.2 Å². The van der Waals surface area contributed by atoms with Crippen molar-refractivity contribution in [3.05, 3.63) is 59.0 Å². The first kappa shape index (κ1) is 22.6. The van der Waals surface area contributed by atoms with Gasteiger partial charge < -0.3 is 9.47 Å². The van der Waals surface area contributed by atoms with E-state index in [9.17, 15) is 17.6 Å². The molecule has 1 fully saturated rings. The van der Waals surface area contributed by atoms with Gasteiger partial charge in [-0.2, -0.15) is 0 Å². The van der Waals surface area contributed by atoms with E-state index in [0.29, 0.717) is 16.3 Å². The van der Waals surface area contributed by atoms with Crippen molar-refractivity contribution in [2.45, 2.75) is 44.2 Å². The lowest BCUT2D eigenvalue weighted by molar-refractivity contribution is -0.132. The van der Waals surface area contributed by atoms with Crippen molar-refractivity contribution >= 4 is 27.3 Å². The fourth-order valence-corrected chi connectivity index (χ4v) is 5.55. The maximum absolute atomic E-state index is 13.1. The second-order valence-electron chi connectivity index (χ2n) is 7.88. The Hall–Kier alpha value is -2.56. The molecule has 0 aliphatic carbocycles. The maximum Gasteiger partial charge on any atom is 0.242 e. The van der Waals surface area contributed by atoms with E-state index in [0.717, 1.165) is 38.0 Å². The third kappa shape index (κ3) is 5.25. The van der Waals surface area contributed by atoms with E-state index in [1.165, 1.54) is 41.8 Å². The first-order valence-corrected chi connectivity index (χ1v) is 12.8. The fourth-order valence-electron chi connectivity index (χ4n) is 3.67. The Bertz CT molecular complexity index is 1200. The summed E-state index contributed by atoms with van der Waals surface area (Å²) >= 11 is 1.41. The molecule has 1 saturated heterocycles. The highest BCUT2D eigenvalue weighted by atomic mass is 32.2. The van der Waals surface area contributed by atoms with Crippen molar-refractivity contribution in [2.75, 3.05) is 13.1 Å². The Balaban J connectivity index is 1.59. The molecular weight excluding hydrogens is 451 g/mol. The second kappa shape index (κ2) is 9.51. The maximum atomic E-state index is 13.1. The number of rotatable bonds is 7. The minimum absolute atomic E-state index is 0.0296. The highest BCUT2D eigenvalue weighted by Crippen LogP contribution is 2.28. The van der Waals surface area contributed by atoms with Crippen LogP contribution in [-0.2, 0) is 27.9 Å². The number of nitrogens with one attached hydrogen (secondary N) is 1. The number of halogens is 1. The number of benzene rings is 1. The van der Waals surface area contributed by atoms with E-state index < -0.39 is 10.0 Å². The minimum atomic E-state index is -3.84. The molecule has 1 aliphatic heterocycles. The largest absolute Gasteiger partial charge is 0.341 e. The Morgan fingerprint density at radius 2 is 1.91 bits per heavy atom. The van der Waals surface area contributed by atoms with E-state index in [2.05, 4.69) is 9.71 Å². The predicted molar refractivity (Wildman–Crippen MR) is 121 cm³/mol. The number of likely N-dealkylation sites (tertiary alicyclic amines) is 1. The number of hydrogen-bond acceptors (Lipinski definition) is 5. The van der Waals surface area contributed by atoms with Gasteiger partial charge in [0.15, 0.2) is 0 Å². The number of thiazole rings is 1. The summed E-state index contributed by atoms with van der Waals surface area (Å²) in [5.41, 5.74) is 2.07. The van der Waals surface area contributed by atoms with Gasteiger partial charge in [0.05, 0.1) is 5.69 Å². The summed E-state index contributed by atoms with van der Waals surface area (Å²) in [5.74, 6) is -0.409. The molecule has 0 unspecified atom stereocenters. The molecule has 10 heteroatoms. The third-order valence-corrected chi connectivity index (χ3v) is 7.76. The minimum Gasteiger partial charge on any atom is -0.341 e. The quantitative estimate of drug-likeness (QED) is 0.565. The predicted octanol–water partition coefficient (Wildman–Crippen LogP) is 3.55. The van der Waals surface area contributed by atoms with Crippen LogP contribution in [0.4, 0.5) is 4.39 Å². The topological polar surface area (TPSA) is 84.3 Å². The standard InChI is InChI=1S/C22H25FN4O3S2/c1-16-15-31-22(25-16)20-11-19(13-27(20)14-21(28)26-9-3-2-4-10-26)32(29,30)24-12-17-5-7-18(23)8-6-17/h5-8,11,13,15,24H,2-4,9-10,12,14H2,1H3. The Labute approximate surface area is 191 Å². The molecule has 1 aliphatic rings. The number of sulfonamides is 1. The highest BCUT2D eigenvalue weighted by molar-refractivity contribution is 7.89. The van der Waals surface area contributed by atoms with Gasteiger partial charge in [0, 0.05) is 36.9 Å². The average Bonchev–Trinajstić information content (AvgIpc) is 3.40. The average molecular weight is 477 g/mol. The second-order valence-corrected chi connectivity index (χ2v) is 10.5. The molecule has 32 heavy (non-hydrogen) atoms. The molecule has 0 saturated carbocycles. The molecule has 7 nitrogen and oxygen atoms in total. The Morgan fingerprint density at radius 3 is 2.56 bits per heavy atom. The lowest BCUT2D eigenvalue weighted by Crippen LogP contribution is -2.37. The van der Waals surface area contributed by atoms with E-state index in [1.807, 2.05) is 17.2 Å². The highest BCUT2D eigenvalue weighted by Gasteiger charge is 2.23. The summed E-state index contributed by atoms with van der Waals surface area (Å²) in [7, 11) is -3.84. The zero-order valence-corrected chi connectivity index (χ0v) is 19.4. The first-order chi connectivity index (χ1) is 15.3. The summed E-state index contributed by atoms with van der Waals surface area (Å²) in [6.45, 7) is 3.42. The number of hydrogen-bond donors (Lipinski definition) is 1. The van der Waals surface area contributed by atoms with Crippen molar-refractivity contribution in [3.63, 3.8) is 0 Å². The van der Waals surface area contributed by atoms with Crippen LogP contribution in [0, 0.1) is 12.7 Å². The van der Waals surface area contributed by atoms with Gasteiger partial charge in [0.1, 0.15) is 22.3 Å². The molecule has 3 aromatic rings. The van der Waals surface area contributed by atoms with Crippen LogP contribution in [0.5, 0.6) is 0 Å². The number of carbonyl (C=O) groups excluding carboxylic acids is 1. The van der Waals surface area contributed by atoms with Gasteiger partial charge in [-0.1, -0.05) is 12.1 Å². The van der Waals surface area contributed by atoms with E-state index in [1.54, 1.807) is 10.6 Å². The monoisotopic (exact) mass is 476 g/mol. The smallest absolute Gasteiger partial charge is 0.242 e. The number of carbonyl (C=O) groups is 1. The normalized spacial score (nSPS) is 14.6. The molecule has 2 aromatic heterocycles. The SMILES string of the molecule is Cc1csc(-c2cc(S(=O)(=O)NCc3ccc(F)cc3)cn2CC(=O)N2CCCCC2)n1. The molecule has 1 aromatic carbocycles. The summed E-state index contributed by atoms with van der Waals surface area (Å²) in [5, 5.41) is 2.55. The fraction of sp³-hybridized carbons (Fsp3) is 0.364. The van der Waals surface area contributed by atoms with Crippen LogP contribution in [0.2, 0.25) is 0 Å².